The summed E-state index contributed by atoms with van der Waals surface area (Å²) in [5.41, 5.74) is 0. The Morgan fingerprint density at radius 3 is 2.32 bits per heavy atom. The summed E-state index contributed by atoms with van der Waals surface area (Å²) in [7, 11) is -3.87. The molecule has 2 N–H and O–H groups in total. The standard InChI is InChI=1S/C15H23NO5S/c1-4-5-6-14(15(17)18)16-22(19,20)13-9-7-12(8-10-13)21-11(2)3/h7-11,14,16H,4-6H2,1-3H3,(H,17,18)/t14-/m0/s1. The molecule has 1 aromatic carbocycles. The summed E-state index contributed by atoms with van der Waals surface area (Å²) in [5, 5.41) is 9.11. The Kier molecular flexibility index (Phi) is 6.83. The van der Waals surface area contributed by atoms with Gasteiger partial charge in [0, 0.05) is 0 Å². The predicted molar refractivity (Wildman–Crippen MR) is 83.5 cm³/mol. The number of carboxylic acids is 1. The van der Waals surface area contributed by atoms with Crippen molar-refractivity contribution in [3.63, 3.8) is 0 Å². The maximum absolute atomic E-state index is 12.2. The smallest absolute Gasteiger partial charge is 0.321 e. The number of rotatable bonds is 9. The van der Waals surface area contributed by atoms with Gasteiger partial charge in [0.25, 0.3) is 0 Å². The van der Waals surface area contributed by atoms with E-state index in [4.69, 9.17) is 9.84 Å². The zero-order chi connectivity index (χ0) is 16.8. The third-order valence-corrected chi connectivity index (χ3v) is 4.44. The minimum Gasteiger partial charge on any atom is -0.491 e. The number of carbonyl (C=O) groups is 1. The van der Waals surface area contributed by atoms with Gasteiger partial charge in [-0.3, -0.25) is 4.79 Å². The van der Waals surface area contributed by atoms with Gasteiger partial charge in [0.05, 0.1) is 11.0 Å². The summed E-state index contributed by atoms with van der Waals surface area (Å²) in [4.78, 5) is 11.2. The first-order chi connectivity index (χ1) is 10.3. The Bertz CT molecular complexity index is 580. The largest absolute Gasteiger partial charge is 0.491 e. The molecule has 0 unspecified atom stereocenters. The number of ether oxygens (including phenoxy) is 1. The zero-order valence-electron chi connectivity index (χ0n) is 13.1. The molecular formula is C15H23NO5S. The summed E-state index contributed by atoms with van der Waals surface area (Å²) in [6.45, 7) is 5.66. The molecule has 0 aliphatic heterocycles. The lowest BCUT2D eigenvalue weighted by Crippen LogP contribution is -2.40. The molecule has 1 atom stereocenters. The van der Waals surface area contributed by atoms with E-state index in [1.165, 1.54) is 12.1 Å². The van der Waals surface area contributed by atoms with Crippen molar-refractivity contribution in [2.24, 2.45) is 0 Å². The lowest BCUT2D eigenvalue weighted by molar-refractivity contribution is -0.139. The molecule has 0 saturated heterocycles. The Hall–Kier alpha value is -1.60. The normalized spacial score (nSPS) is 13.1. The van der Waals surface area contributed by atoms with Gasteiger partial charge in [-0.1, -0.05) is 19.8 Å². The summed E-state index contributed by atoms with van der Waals surface area (Å²) >= 11 is 0. The second-order valence-corrected chi connectivity index (χ2v) is 7.01. The molecule has 1 rings (SSSR count). The number of nitrogens with one attached hydrogen (secondary N) is 1. The first-order valence-electron chi connectivity index (χ1n) is 7.28. The van der Waals surface area contributed by atoms with E-state index >= 15 is 0 Å². The van der Waals surface area contributed by atoms with Crippen LogP contribution < -0.4 is 9.46 Å². The van der Waals surface area contributed by atoms with Crippen molar-refractivity contribution in [2.45, 2.75) is 57.1 Å². The number of carboxylic acid groups (broad SMARTS) is 1. The van der Waals surface area contributed by atoms with Crippen molar-refractivity contribution < 1.29 is 23.1 Å². The highest BCUT2D eigenvalue weighted by molar-refractivity contribution is 7.89. The second kappa shape index (κ2) is 8.14. The van der Waals surface area contributed by atoms with E-state index in [0.717, 1.165) is 6.42 Å². The molecule has 0 radical (unpaired) electrons. The molecule has 0 spiro atoms. The van der Waals surface area contributed by atoms with Gasteiger partial charge >= 0.3 is 5.97 Å². The topological polar surface area (TPSA) is 92.7 Å². The van der Waals surface area contributed by atoms with Crippen molar-refractivity contribution >= 4 is 16.0 Å². The van der Waals surface area contributed by atoms with Crippen LogP contribution in [0.5, 0.6) is 5.75 Å². The van der Waals surface area contributed by atoms with Crippen LogP contribution in [-0.2, 0) is 14.8 Å². The summed E-state index contributed by atoms with van der Waals surface area (Å²) in [5.74, 6) is -0.605. The first kappa shape index (κ1) is 18.4. The number of hydrogen-bond donors (Lipinski definition) is 2. The van der Waals surface area contributed by atoms with Gasteiger partial charge in [0.1, 0.15) is 11.8 Å². The van der Waals surface area contributed by atoms with Gasteiger partial charge in [-0.25, -0.2) is 8.42 Å². The van der Waals surface area contributed by atoms with Crippen LogP contribution >= 0.6 is 0 Å². The lowest BCUT2D eigenvalue weighted by Gasteiger charge is -2.15. The number of aliphatic carboxylic acids is 1. The molecule has 0 saturated carbocycles. The zero-order valence-corrected chi connectivity index (χ0v) is 13.9. The second-order valence-electron chi connectivity index (χ2n) is 5.29. The van der Waals surface area contributed by atoms with Gasteiger partial charge in [0.2, 0.25) is 10.0 Å². The quantitative estimate of drug-likeness (QED) is 0.725. The van der Waals surface area contributed by atoms with Crippen molar-refractivity contribution in [2.75, 3.05) is 0 Å². The third kappa shape index (κ3) is 5.65. The lowest BCUT2D eigenvalue weighted by atomic mass is 10.1. The van der Waals surface area contributed by atoms with Gasteiger partial charge in [-0.2, -0.15) is 4.72 Å². The van der Waals surface area contributed by atoms with E-state index in [0.29, 0.717) is 12.2 Å². The van der Waals surface area contributed by atoms with Crippen molar-refractivity contribution in [1.29, 1.82) is 0 Å². The minimum atomic E-state index is -3.87. The Morgan fingerprint density at radius 1 is 1.27 bits per heavy atom. The highest BCUT2D eigenvalue weighted by atomic mass is 32.2. The van der Waals surface area contributed by atoms with Crippen LogP contribution in [0, 0.1) is 0 Å². The van der Waals surface area contributed by atoms with Gasteiger partial charge < -0.3 is 9.84 Å². The fourth-order valence-electron chi connectivity index (χ4n) is 1.87. The molecule has 7 heteroatoms. The molecule has 6 nitrogen and oxygen atoms in total. The molecule has 1 aromatic rings. The highest BCUT2D eigenvalue weighted by Crippen LogP contribution is 2.18. The molecule has 124 valence electrons. The van der Waals surface area contributed by atoms with Crippen LogP contribution in [0.2, 0.25) is 0 Å². The van der Waals surface area contributed by atoms with Crippen LogP contribution in [0.4, 0.5) is 0 Å². The molecule has 0 bridgehead atoms. The highest BCUT2D eigenvalue weighted by Gasteiger charge is 2.24. The van der Waals surface area contributed by atoms with E-state index in [2.05, 4.69) is 4.72 Å². The van der Waals surface area contributed by atoms with Crippen LogP contribution in [0.25, 0.3) is 0 Å². The Labute approximate surface area is 131 Å². The van der Waals surface area contributed by atoms with E-state index in [1.54, 1.807) is 12.1 Å². The molecule has 0 aromatic heterocycles. The molecule has 0 heterocycles. The van der Waals surface area contributed by atoms with E-state index in [1.807, 2.05) is 20.8 Å². The van der Waals surface area contributed by atoms with Gasteiger partial charge in [-0.05, 0) is 44.5 Å². The fourth-order valence-corrected chi connectivity index (χ4v) is 3.09. The third-order valence-electron chi connectivity index (χ3n) is 2.95. The average molecular weight is 329 g/mol. The van der Waals surface area contributed by atoms with Crippen LogP contribution in [-0.4, -0.2) is 31.6 Å². The summed E-state index contributed by atoms with van der Waals surface area (Å²) in [6.07, 6.45) is 1.69. The van der Waals surface area contributed by atoms with Crippen molar-refractivity contribution in [1.82, 2.24) is 4.72 Å². The Morgan fingerprint density at radius 2 is 1.86 bits per heavy atom. The van der Waals surface area contributed by atoms with Crippen molar-refractivity contribution in [3.05, 3.63) is 24.3 Å². The van der Waals surface area contributed by atoms with E-state index in [-0.39, 0.29) is 17.4 Å². The average Bonchev–Trinajstić information content (AvgIpc) is 2.43. The van der Waals surface area contributed by atoms with Gasteiger partial charge in [-0.15, -0.1) is 0 Å². The van der Waals surface area contributed by atoms with Crippen LogP contribution in [0.3, 0.4) is 0 Å². The predicted octanol–water partition coefficient (Wildman–Crippen LogP) is 2.40. The molecule has 0 aliphatic carbocycles. The molecule has 0 amide bonds. The summed E-state index contributed by atoms with van der Waals surface area (Å²) in [6, 6.07) is 4.79. The molecule has 22 heavy (non-hydrogen) atoms. The number of hydrogen-bond acceptors (Lipinski definition) is 4. The van der Waals surface area contributed by atoms with Crippen LogP contribution in [0.15, 0.2) is 29.2 Å². The molecule has 0 fully saturated rings. The van der Waals surface area contributed by atoms with Crippen LogP contribution in [0.1, 0.15) is 40.0 Å². The minimum absolute atomic E-state index is 0.00832. The number of unbranched alkanes of at least 4 members (excludes halogenated alkanes) is 1. The molecule has 0 aliphatic rings. The maximum Gasteiger partial charge on any atom is 0.321 e. The number of sulfonamides is 1. The Balaban J connectivity index is 2.86. The fraction of sp³-hybridized carbons (Fsp3) is 0.533. The SMILES string of the molecule is CCCC[C@H](NS(=O)(=O)c1ccc(OC(C)C)cc1)C(=O)O. The summed E-state index contributed by atoms with van der Waals surface area (Å²) < 4.78 is 32.1. The van der Waals surface area contributed by atoms with Gasteiger partial charge in [0.15, 0.2) is 0 Å². The van der Waals surface area contributed by atoms with E-state index < -0.39 is 22.0 Å². The van der Waals surface area contributed by atoms with E-state index in [9.17, 15) is 13.2 Å². The molecular weight excluding hydrogens is 306 g/mol. The number of benzene rings is 1. The first-order valence-corrected chi connectivity index (χ1v) is 8.76. The monoisotopic (exact) mass is 329 g/mol. The maximum atomic E-state index is 12.2. The van der Waals surface area contributed by atoms with Crippen molar-refractivity contribution in [3.8, 4) is 5.75 Å².